The molecule has 3 N–H and O–H groups in total. The summed E-state index contributed by atoms with van der Waals surface area (Å²) in [5.74, 6) is -1.67. The van der Waals surface area contributed by atoms with E-state index in [-0.39, 0.29) is 24.9 Å². The second-order valence-corrected chi connectivity index (χ2v) is 7.70. The maximum atomic E-state index is 13.5. The lowest BCUT2D eigenvalue weighted by Gasteiger charge is -2.27. The molecule has 0 heterocycles. The number of aliphatic hydroxyl groups excluding tert-OH is 1. The predicted molar refractivity (Wildman–Crippen MR) is 115 cm³/mol. The molecule has 2 aromatic rings. The molecule has 0 spiro atoms. The Balaban J connectivity index is 2.10. The lowest BCUT2D eigenvalue weighted by Crippen LogP contribution is -2.48. The average molecular weight is 419 g/mol. The molecule has 0 saturated heterocycles. The summed E-state index contributed by atoms with van der Waals surface area (Å²) in [7, 11) is 0. The molecular formula is C24H32F2N2O2. The molecule has 4 nitrogen and oxygen atoms in total. The van der Waals surface area contributed by atoms with Gasteiger partial charge in [-0.15, -0.1) is 0 Å². The van der Waals surface area contributed by atoms with E-state index >= 15 is 0 Å². The van der Waals surface area contributed by atoms with Gasteiger partial charge >= 0.3 is 0 Å². The molecule has 30 heavy (non-hydrogen) atoms. The zero-order valence-corrected chi connectivity index (χ0v) is 17.9. The molecule has 3 atom stereocenters. The van der Waals surface area contributed by atoms with Crippen molar-refractivity contribution in [1.29, 1.82) is 0 Å². The summed E-state index contributed by atoms with van der Waals surface area (Å²) in [6.07, 6.45) is 2.03. The van der Waals surface area contributed by atoms with E-state index in [4.69, 9.17) is 0 Å². The highest BCUT2D eigenvalue weighted by atomic mass is 19.1. The van der Waals surface area contributed by atoms with E-state index in [0.717, 1.165) is 30.9 Å². The van der Waals surface area contributed by atoms with Crippen LogP contribution < -0.4 is 10.6 Å². The number of amides is 1. The normalized spacial score (nSPS) is 14.2. The predicted octanol–water partition coefficient (Wildman–Crippen LogP) is 4.07. The van der Waals surface area contributed by atoms with E-state index in [9.17, 15) is 18.7 Å². The van der Waals surface area contributed by atoms with Crippen LogP contribution in [0.15, 0.2) is 42.5 Å². The topological polar surface area (TPSA) is 61.4 Å². The summed E-state index contributed by atoms with van der Waals surface area (Å²) in [6, 6.07) is 11.0. The molecule has 0 aliphatic heterocycles. The Hall–Kier alpha value is -2.31. The molecule has 0 aliphatic rings. The van der Waals surface area contributed by atoms with E-state index in [1.165, 1.54) is 24.6 Å². The molecule has 1 amide bonds. The van der Waals surface area contributed by atoms with Crippen LogP contribution in [0.2, 0.25) is 0 Å². The van der Waals surface area contributed by atoms with Gasteiger partial charge in [0.15, 0.2) is 0 Å². The minimum Gasteiger partial charge on any atom is -0.390 e. The quantitative estimate of drug-likeness (QED) is 0.516. The standard InChI is InChI=1S/C24H32F2N2O2/c1-4-7-22(19-9-6-8-17(5-2)10-19)27-15-24(30)23(28-16(3)29)13-18-11-20(25)14-21(26)12-18/h6,8-12,14,22-24,27,30H,4-5,7,13,15H2,1-3H3,(H,28,29). The number of aliphatic hydroxyl groups is 1. The molecule has 0 saturated carbocycles. The van der Waals surface area contributed by atoms with Crippen molar-refractivity contribution >= 4 is 5.91 Å². The fraction of sp³-hybridized carbons (Fsp3) is 0.458. The first kappa shape index (κ1) is 24.0. The number of nitrogens with one attached hydrogen (secondary N) is 2. The molecule has 0 radical (unpaired) electrons. The number of hydrogen-bond donors (Lipinski definition) is 3. The smallest absolute Gasteiger partial charge is 0.217 e. The first-order valence-corrected chi connectivity index (χ1v) is 10.5. The summed E-state index contributed by atoms with van der Waals surface area (Å²) >= 11 is 0. The van der Waals surface area contributed by atoms with Crippen LogP contribution in [-0.4, -0.2) is 29.7 Å². The van der Waals surface area contributed by atoms with Crippen molar-refractivity contribution in [2.24, 2.45) is 0 Å². The molecule has 2 aromatic carbocycles. The third-order valence-corrected chi connectivity index (χ3v) is 5.14. The van der Waals surface area contributed by atoms with Crippen molar-refractivity contribution in [2.45, 2.75) is 64.6 Å². The van der Waals surface area contributed by atoms with E-state index in [0.29, 0.717) is 5.56 Å². The first-order chi connectivity index (χ1) is 14.3. The van der Waals surface area contributed by atoms with E-state index in [1.54, 1.807) is 0 Å². The van der Waals surface area contributed by atoms with Crippen LogP contribution in [0.25, 0.3) is 0 Å². The van der Waals surface area contributed by atoms with Crippen molar-refractivity contribution in [3.05, 3.63) is 70.8 Å². The Morgan fingerprint density at radius 1 is 1.07 bits per heavy atom. The third kappa shape index (κ3) is 7.50. The number of benzene rings is 2. The summed E-state index contributed by atoms with van der Waals surface area (Å²) in [5.41, 5.74) is 2.79. The Kier molecular flexibility index (Phi) is 9.40. The molecular weight excluding hydrogens is 386 g/mol. The number of carbonyl (C=O) groups is 1. The Morgan fingerprint density at radius 3 is 2.37 bits per heavy atom. The van der Waals surface area contributed by atoms with E-state index in [1.807, 2.05) is 6.07 Å². The number of aryl methyl sites for hydroxylation is 1. The van der Waals surface area contributed by atoms with E-state index in [2.05, 4.69) is 42.7 Å². The van der Waals surface area contributed by atoms with Gasteiger partial charge in [0.2, 0.25) is 5.91 Å². The lowest BCUT2D eigenvalue weighted by atomic mass is 9.97. The second kappa shape index (κ2) is 11.8. The largest absolute Gasteiger partial charge is 0.390 e. The van der Waals surface area contributed by atoms with Gasteiger partial charge in [0.05, 0.1) is 12.1 Å². The molecule has 0 aromatic heterocycles. The molecule has 0 bridgehead atoms. The molecule has 164 valence electrons. The SMILES string of the molecule is CCCC(NCC(O)C(Cc1cc(F)cc(F)c1)NC(C)=O)c1cccc(CC)c1. The van der Waals surface area contributed by atoms with E-state index < -0.39 is 23.8 Å². The van der Waals surface area contributed by atoms with Gasteiger partial charge in [0.1, 0.15) is 11.6 Å². The van der Waals surface area contributed by atoms with Gasteiger partial charge in [-0.05, 0) is 48.1 Å². The third-order valence-electron chi connectivity index (χ3n) is 5.14. The number of hydrogen-bond acceptors (Lipinski definition) is 3. The molecule has 0 aliphatic carbocycles. The van der Waals surface area contributed by atoms with Crippen molar-refractivity contribution in [1.82, 2.24) is 10.6 Å². The van der Waals surface area contributed by atoms with Gasteiger partial charge in [-0.3, -0.25) is 4.79 Å². The van der Waals surface area contributed by atoms with Gasteiger partial charge in [-0.2, -0.15) is 0 Å². The van der Waals surface area contributed by atoms with Crippen LogP contribution in [-0.2, 0) is 17.6 Å². The zero-order valence-electron chi connectivity index (χ0n) is 17.9. The molecule has 2 rings (SSSR count). The Labute approximate surface area is 177 Å². The van der Waals surface area contributed by atoms with Gasteiger partial charge in [-0.1, -0.05) is 44.5 Å². The van der Waals surface area contributed by atoms with Gasteiger partial charge in [0, 0.05) is 25.6 Å². The lowest BCUT2D eigenvalue weighted by molar-refractivity contribution is -0.120. The summed E-state index contributed by atoms with van der Waals surface area (Å²) in [5, 5.41) is 16.9. The minimum absolute atomic E-state index is 0.0701. The van der Waals surface area contributed by atoms with Crippen LogP contribution >= 0.6 is 0 Å². The van der Waals surface area contributed by atoms with Crippen LogP contribution in [0, 0.1) is 11.6 Å². The first-order valence-electron chi connectivity index (χ1n) is 10.5. The monoisotopic (exact) mass is 418 g/mol. The van der Waals surface area contributed by atoms with Crippen molar-refractivity contribution in [3.63, 3.8) is 0 Å². The minimum atomic E-state index is -0.922. The van der Waals surface area contributed by atoms with Crippen LogP contribution in [0.5, 0.6) is 0 Å². The van der Waals surface area contributed by atoms with Crippen molar-refractivity contribution in [2.75, 3.05) is 6.54 Å². The summed E-state index contributed by atoms with van der Waals surface area (Å²) < 4.78 is 27.1. The maximum Gasteiger partial charge on any atom is 0.217 e. The van der Waals surface area contributed by atoms with Crippen LogP contribution in [0.3, 0.4) is 0 Å². The molecule has 3 unspecified atom stereocenters. The zero-order chi connectivity index (χ0) is 22.1. The maximum absolute atomic E-state index is 13.5. The Bertz CT molecular complexity index is 808. The fourth-order valence-corrected chi connectivity index (χ4v) is 3.64. The van der Waals surface area contributed by atoms with Gasteiger partial charge in [-0.25, -0.2) is 8.78 Å². The number of rotatable bonds is 11. The second-order valence-electron chi connectivity index (χ2n) is 7.70. The Morgan fingerprint density at radius 2 is 1.77 bits per heavy atom. The van der Waals surface area contributed by atoms with Crippen molar-refractivity contribution < 1.29 is 18.7 Å². The van der Waals surface area contributed by atoms with Crippen molar-refractivity contribution in [3.8, 4) is 0 Å². The highest BCUT2D eigenvalue weighted by Crippen LogP contribution is 2.20. The highest BCUT2D eigenvalue weighted by Gasteiger charge is 2.23. The van der Waals surface area contributed by atoms with Gasteiger partial charge < -0.3 is 15.7 Å². The van der Waals surface area contributed by atoms with Gasteiger partial charge in [0.25, 0.3) is 0 Å². The summed E-state index contributed by atoms with van der Waals surface area (Å²) in [4.78, 5) is 11.6. The summed E-state index contributed by atoms with van der Waals surface area (Å²) in [6.45, 7) is 5.81. The van der Waals surface area contributed by atoms with Crippen LogP contribution in [0.1, 0.15) is 56.3 Å². The highest BCUT2D eigenvalue weighted by molar-refractivity contribution is 5.73. The fourth-order valence-electron chi connectivity index (χ4n) is 3.64. The van der Waals surface area contributed by atoms with Crippen LogP contribution in [0.4, 0.5) is 8.78 Å². The average Bonchev–Trinajstić information content (AvgIpc) is 2.69. The molecule has 0 fully saturated rings. The number of halogens is 2. The molecule has 6 heteroatoms. The number of carbonyl (C=O) groups excluding carboxylic acids is 1.